The molecule has 1 aromatic heterocycles. The van der Waals surface area contributed by atoms with Crippen molar-refractivity contribution in [3.8, 4) is 0 Å². The maximum Gasteiger partial charge on any atom is 0.238 e. The molecule has 0 amide bonds. The second-order valence-electron chi connectivity index (χ2n) is 5.16. The van der Waals surface area contributed by atoms with Gasteiger partial charge in [0.2, 0.25) is 10.0 Å². The number of sulfonamides is 1. The first kappa shape index (κ1) is 15.8. The highest BCUT2D eigenvalue weighted by molar-refractivity contribution is 7.89. The van der Waals surface area contributed by atoms with Gasteiger partial charge in [0.15, 0.2) is 0 Å². The zero-order chi connectivity index (χ0) is 15.6. The molecule has 114 valence electrons. The summed E-state index contributed by atoms with van der Waals surface area (Å²) in [6.07, 6.45) is 0. The van der Waals surface area contributed by atoms with Gasteiger partial charge in [-0.05, 0) is 44.5 Å². The van der Waals surface area contributed by atoms with Crippen molar-refractivity contribution in [2.45, 2.75) is 38.3 Å². The summed E-state index contributed by atoms with van der Waals surface area (Å²) < 4.78 is 27.9. The molecule has 2 aromatic rings. The molecule has 1 atom stereocenters. The van der Waals surface area contributed by atoms with E-state index in [1.165, 1.54) is 12.1 Å². The van der Waals surface area contributed by atoms with Crippen molar-refractivity contribution in [3.05, 3.63) is 53.0 Å². The second-order valence-corrected chi connectivity index (χ2v) is 6.72. The zero-order valence-corrected chi connectivity index (χ0v) is 13.2. The number of benzene rings is 1. The molecule has 0 saturated carbocycles. The van der Waals surface area contributed by atoms with E-state index in [1.807, 2.05) is 19.9 Å². The predicted octanol–water partition coefficient (Wildman–Crippen LogP) is 2.39. The number of furan rings is 1. The minimum absolute atomic E-state index is 0.126. The molecule has 0 aliphatic heterocycles. The lowest BCUT2D eigenvalue weighted by molar-refractivity contribution is 0.489. The summed E-state index contributed by atoms with van der Waals surface area (Å²) >= 11 is 0. The number of aryl methyl sites for hydroxylation is 2. The largest absolute Gasteiger partial charge is 0.466 e. The lowest BCUT2D eigenvalue weighted by Gasteiger charge is -2.13. The van der Waals surface area contributed by atoms with Crippen LogP contribution in [0.3, 0.4) is 0 Å². The number of primary sulfonamides is 1. The molecule has 1 heterocycles. The Morgan fingerprint density at radius 1 is 1.24 bits per heavy atom. The zero-order valence-electron chi connectivity index (χ0n) is 12.4. The fourth-order valence-corrected chi connectivity index (χ4v) is 2.77. The van der Waals surface area contributed by atoms with Crippen LogP contribution in [0, 0.1) is 13.8 Å². The van der Waals surface area contributed by atoms with Gasteiger partial charge in [0.25, 0.3) is 0 Å². The molecule has 2 rings (SSSR count). The van der Waals surface area contributed by atoms with Crippen LogP contribution in [0.5, 0.6) is 0 Å². The van der Waals surface area contributed by atoms with Crippen molar-refractivity contribution in [1.29, 1.82) is 0 Å². The van der Waals surface area contributed by atoms with E-state index in [0.29, 0.717) is 6.54 Å². The van der Waals surface area contributed by atoms with Gasteiger partial charge in [0.05, 0.1) is 4.90 Å². The van der Waals surface area contributed by atoms with E-state index in [-0.39, 0.29) is 10.9 Å². The van der Waals surface area contributed by atoms with Gasteiger partial charge in [-0.3, -0.25) is 0 Å². The molecule has 0 fully saturated rings. The Morgan fingerprint density at radius 2 is 1.86 bits per heavy atom. The van der Waals surface area contributed by atoms with Gasteiger partial charge in [-0.15, -0.1) is 0 Å². The second kappa shape index (κ2) is 6.01. The summed E-state index contributed by atoms with van der Waals surface area (Å²) in [5.41, 5.74) is 2.13. The minimum Gasteiger partial charge on any atom is -0.466 e. The molecule has 1 unspecified atom stereocenters. The van der Waals surface area contributed by atoms with Crippen LogP contribution < -0.4 is 10.5 Å². The maximum absolute atomic E-state index is 11.2. The van der Waals surface area contributed by atoms with Gasteiger partial charge in [0.1, 0.15) is 11.5 Å². The number of rotatable bonds is 5. The molecular weight excluding hydrogens is 288 g/mol. The number of hydrogen-bond donors (Lipinski definition) is 2. The van der Waals surface area contributed by atoms with Crippen LogP contribution in [0.15, 0.2) is 39.6 Å². The summed E-state index contributed by atoms with van der Waals surface area (Å²) in [4.78, 5) is 0.126. The molecule has 3 N–H and O–H groups in total. The molecule has 5 nitrogen and oxygen atoms in total. The van der Waals surface area contributed by atoms with Crippen LogP contribution in [0.4, 0.5) is 0 Å². The Balaban J connectivity index is 2.01. The molecule has 6 heteroatoms. The summed E-state index contributed by atoms with van der Waals surface area (Å²) in [5, 5.41) is 8.46. The van der Waals surface area contributed by atoms with Crippen molar-refractivity contribution in [2.24, 2.45) is 5.14 Å². The number of nitrogens with one attached hydrogen (secondary N) is 1. The van der Waals surface area contributed by atoms with Crippen LogP contribution in [0.2, 0.25) is 0 Å². The van der Waals surface area contributed by atoms with Crippen molar-refractivity contribution in [2.75, 3.05) is 0 Å². The topological polar surface area (TPSA) is 85.3 Å². The Morgan fingerprint density at radius 3 is 2.33 bits per heavy atom. The average Bonchev–Trinajstić information content (AvgIpc) is 2.74. The third kappa shape index (κ3) is 3.93. The van der Waals surface area contributed by atoms with Crippen molar-refractivity contribution in [1.82, 2.24) is 5.32 Å². The highest BCUT2D eigenvalue weighted by Gasteiger charge is 2.12. The molecule has 1 aromatic carbocycles. The Kier molecular flexibility index (Phi) is 4.51. The third-order valence-corrected chi connectivity index (χ3v) is 4.34. The average molecular weight is 308 g/mol. The summed E-state index contributed by atoms with van der Waals surface area (Å²) in [5.74, 6) is 1.81. The quantitative estimate of drug-likeness (QED) is 0.888. The van der Waals surface area contributed by atoms with E-state index >= 15 is 0 Å². The van der Waals surface area contributed by atoms with Crippen molar-refractivity contribution >= 4 is 10.0 Å². The van der Waals surface area contributed by atoms with Gasteiger partial charge in [-0.2, -0.15) is 0 Å². The van der Waals surface area contributed by atoms with E-state index in [0.717, 1.165) is 22.6 Å². The van der Waals surface area contributed by atoms with Gasteiger partial charge in [-0.25, -0.2) is 13.6 Å². The van der Waals surface area contributed by atoms with Crippen LogP contribution in [0.1, 0.15) is 35.6 Å². The van der Waals surface area contributed by atoms with Gasteiger partial charge < -0.3 is 9.73 Å². The maximum atomic E-state index is 11.2. The lowest BCUT2D eigenvalue weighted by Crippen LogP contribution is -2.18. The van der Waals surface area contributed by atoms with Crippen LogP contribution in [-0.4, -0.2) is 8.42 Å². The van der Waals surface area contributed by atoms with E-state index in [4.69, 9.17) is 9.56 Å². The number of nitrogens with two attached hydrogens (primary N) is 1. The van der Waals surface area contributed by atoms with Crippen LogP contribution in [0.25, 0.3) is 0 Å². The van der Waals surface area contributed by atoms with E-state index in [9.17, 15) is 8.42 Å². The molecule has 0 spiro atoms. The van der Waals surface area contributed by atoms with Crippen molar-refractivity contribution < 1.29 is 12.8 Å². The smallest absolute Gasteiger partial charge is 0.238 e. The Labute approximate surface area is 125 Å². The van der Waals surface area contributed by atoms with Gasteiger partial charge >= 0.3 is 0 Å². The first-order chi connectivity index (χ1) is 9.77. The molecule has 0 bridgehead atoms. The highest BCUT2D eigenvalue weighted by Crippen LogP contribution is 2.21. The van der Waals surface area contributed by atoms with E-state index in [2.05, 4.69) is 12.2 Å². The molecule has 0 radical (unpaired) electrons. The predicted molar refractivity (Wildman–Crippen MR) is 81.3 cm³/mol. The monoisotopic (exact) mass is 308 g/mol. The summed E-state index contributed by atoms with van der Waals surface area (Å²) in [6.45, 7) is 6.57. The molecule has 0 aliphatic rings. The Bertz CT molecular complexity index is 718. The fourth-order valence-electron chi connectivity index (χ4n) is 2.26. The first-order valence-corrected chi connectivity index (χ1v) is 8.24. The number of hydrogen-bond acceptors (Lipinski definition) is 4. The Hall–Kier alpha value is -1.63. The van der Waals surface area contributed by atoms with E-state index < -0.39 is 10.0 Å². The van der Waals surface area contributed by atoms with Crippen molar-refractivity contribution in [3.63, 3.8) is 0 Å². The minimum atomic E-state index is -3.63. The van der Waals surface area contributed by atoms with E-state index in [1.54, 1.807) is 12.1 Å². The summed E-state index contributed by atoms with van der Waals surface area (Å²) in [6, 6.07) is 8.73. The lowest BCUT2D eigenvalue weighted by atomic mass is 10.1. The molecule has 21 heavy (non-hydrogen) atoms. The van der Waals surface area contributed by atoms with Crippen LogP contribution >= 0.6 is 0 Å². The fraction of sp³-hybridized carbons (Fsp3) is 0.333. The SMILES string of the molecule is Cc1cc(C(C)NCc2ccc(S(N)(=O)=O)cc2)c(C)o1. The summed E-state index contributed by atoms with van der Waals surface area (Å²) in [7, 11) is -3.63. The van der Waals surface area contributed by atoms with Crippen LogP contribution in [-0.2, 0) is 16.6 Å². The van der Waals surface area contributed by atoms with Gasteiger partial charge in [-0.1, -0.05) is 12.1 Å². The normalized spacial score (nSPS) is 13.3. The standard InChI is InChI=1S/C15H20N2O3S/c1-10-8-15(12(3)20-10)11(2)17-9-13-4-6-14(7-5-13)21(16,18)19/h4-8,11,17H,9H2,1-3H3,(H2,16,18,19). The molecule has 0 aliphatic carbocycles. The highest BCUT2D eigenvalue weighted by atomic mass is 32.2. The third-order valence-electron chi connectivity index (χ3n) is 3.41. The van der Waals surface area contributed by atoms with Gasteiger partial charge in [0, 0.05) is 18.2 Å². The molecular formula is C15H20N2O3S. The molecule has 0 saturated heterocycles. The first-order valence-electron chi connectivity index (χ1n) is 6.69.